The molecule has 0 radical (unpaired) electrons. The van der Waals surface area contributed by atoms with Crippen LogP contribution >= 0.6 is 0 Å². The van der Waals surface area contributed by atoms with E-state index in [0.717, 1.165) is 12.1 Å². The summed E-state index contributed by atoms with van der Waals surface area (Å²) in [5.41, 5.74) is 4.22. The van der Waals surface area contributed by atoms with Crippen LogP contribution in [0.1, 0.15) is 60.9 Å². The third-order valence-corrected chi connectivity index (χ3v) is 4.21. The molecule has 2 aromatic rings. The van der Waals surface area contributed by atoms with Crippen molar-refractivity contribution in [2.24, 2.45) is 0 Å². The number of amides is 1. The minimum Gasteiger partial charge on any atom is -0.355 e. The molecule has 0 unspecified atom stereocenters. The number of rotatable bonds is 5. The lowest BCUT2D eigenvalue weighted by atomic mass is 10.1. The normalized spacial score (nSPS) is 12.9. The van der Waals surface area contributed by atoms with Crippen LogP contribution in [0.25, 0.3) is 0 Å². The molecule has 0 aliphatic carbocycles. The van der Waals surface area contributed by atoms with Crippen molar-refractivity contribution < 1.29 is 4.79 Å². The van der Waals surface area contributed by atoms with Crippen molar-refractivity contribution in [3.63, 3.8) is 0 Å². The van der Waals surface area contributed by atoms with Crippen LogP contribution in [0.4, 0.5) is 0 Å². The van der Waals surface area contributed by atoms with E-state index in [2.05, 4.69) is 55.0 Å². The van der Waals surface area contributed by atoms with Crippen LogP contribution in [-0.2, 0) is 12.1 Å². The SMILES string of the molecule is CNC(=O)c1ccc(CN[C@H](C)c2cnn(C(C)(C)C)c2C)cc1. The van der Waals surface area contributed by atoms with E-state index >= 15 is 0 Å². The van der Waals surface area contributed by atoms with E-state index in [4.69, 9.17) is 0 Å². The Kier molecular flexibility index (Phi) is 5.44. The zero-order valence-electron chi connectivity index (χ0n) is 15.5. The highest BCUT2D eigenvalue weighted by Crippen LogP contribution is 2.23. The standard InChI is InChI=1S/C19H28N4O/c1-13(17-12-22-23(14(17)2)19(3,4)5)21-11-15-7-9-16(10-8-15)18(24)20-6/h7-10,12-13,21H,11H2,1-6H3,(H,20,24)/t13-/m1/s1. The number of benzene rings is 1. The van der Waals surface area contributed by atoms with Crippen molar-refractivity contribution >= 4 is 5.91 Å². The van der Waals surface area contributed by atoms with Gasteiger partial charge in [0.2, 0.25) is 0 Å². The molecule has 130 valence electrons. The average Bonchev–Trinajstić information content (AvgIpc) is 2.94. The van der Waals surface area contributed by atoms with Crippen molar-refractivity contribution in [2.75, 3.05) is 7.05 Å². The molecule has 0 aliphatic heterocycles. The van der Waals surface area contributed by atoms with Crippen LogP contribution in [0.15, 0.2) is 30.5 Å². The van der Waals surface area contributed by atoms with E-state index in [0.29, 0.717) is 5.56 Å². The summed E-state index contributed by atoms with van der Waals surface area (Å²) in [6, 6.07) is 7.87. The average molecular weight is 328 g/mol. The van der Waals surface area contributed by atoms with E-state index in [1.807, 2.05) is 30.5 Å². The van der Waals surface area contributed by atoms with Crippen molar-refractivity contribution in [1.29, 1.82) is 0 Å². The molecule has 1 aromatic carbocycles. The third kappa shape index (κ3) is 4.03. The Hall–Kier alpha value is -2.14. The molecule has 2 N–H and O–H groups in total. The van der Waals surface area contributed by atoms with Gasteiger partial charge in [-0.1, -0.05) is 12.1 Å². The lowest BCUT2D eigenvalue weighted by Gasteiger charge is -2.22. The predicted octanol–water partition coefficient (Wildman–Crippen LogP) is 3.16. The topological polar surface area (TPSA) is 59.0 Å². The molecule has 0 aliphatic rings. The van der Waals surface area contributed by atoms with Gasteiger partial charge in [0.15, 0.2) is 0 Å². The Morgan fingerprint density at radius 2 is 1.88 bits per heavy atom. The van der Waals surface area contributed by atoms with Crippen LogP contribution in [0.3, 0.4) is 0 Å². The van der Waals surface area contributed by atoms with Crippen LogP contribution in [0, 0.1) is 6.92 Å². The van der Waals surface area contributed by atoms with Gasteiger partial charge in [0.1, 0.15) is 0 Å². The summed E-state index contributed by atoms with van der Waals surface area (Å²) in [5.74, 6) is -0.0619. The molecule has 5 heteroatoms. The van der Waals surface area contributed by atoms with Crippen LogP contribution in [-0.4, -0.2) is 22.7 Å². The highest BCUT2D eigenvalue weighted by molar-refractivity contribution is 5.93. The number of aromatic nitrogens is 2. The van der Waals surface area contributed by atoms with E-state index < -0.39 is 0 Å². The summed E-state index contributed by atoms with van der Waals surface area (Å²) >= 11 is 0. The molecular weight excluding hydrogens is 300 g/mol. The van der Waals surface area contributed by atoms with E-state index in [1.165, 1.54) is 11.3 Å². The molecule has 1 heterocycles. The molecule has 0 fully saturated rings. The van der Waals surface area contributed by atoms with Gasteiger partial charge in [-0.25, -0.2) is 0 Å². The maximum absolute atomic E-state index is 11.6. The second kappa shape index (κ2) is 7.18. The number of hydrogen-bond donors (Lipinski definition) is 2. The highest BCUT2D eigenvalue weighted by atomic mass is 16.1. The quantitative estimate of drug-likeness (QED) is 0.886. The maximum atomic E-state index is 11.6. The van der Waals surface area contributed by atoms with Gasteiger partial charge in [0, 0.05) is 36.5 Å². The van der Waals surface area contributed by atoms with Crippen molar-refractivity contribution in [3.05, 3.63) is 52.8 Å². The Morgan fingerprint density at radius 1 is 1.25 bits per heavy atom. The predicted molar refractivity (Wildman–Crippen MR) is 97.0 cm³/mol. The van der Waals surface area contributed by atoms with Crippen LogP contribution in [0.5, 0.6) is 0 Å². The summed E-state index contributed by atoms with van der Waals surface area (Å²) in [4.78, 5) is 11.6. The van der Waals surface area contributed by atoms with Crippen LogP contribution < -0.4 is 10.6 Å². The molecular formula is C19H28N4O. The van der Waals surface area contributed by atoms with Gasteiger partial charge in [0.05, 0.1) is 11.7 Å². The first kappa shape index (κ1) is 18.2. The van der Waals surface area contributed by atoms with Gasteiger partial charge >= 0.3 is 0 Å². The first-order valence-electron chi connectivity index (χ1n) is 8.33. The Bertz CT molecular complexity index is 695. The molecule has 0 saturated heterocycles. The second-order valence-electron chi connectivity index (χ2n) is 7.15. The summed E-state index contributed by atoms with van der Waals surface area (Å²) < 4.78 is 2.07. The molecule has 0 spiro atoms. The molecule has 5 nitrogen and oxygen atoms in total. The van der Waals surface area contributed by atoms with E-state index in [1.54, 1.807) is 7.05 Å². The molecule has 0 saturated carbocycles. The van der Waals surface area contributed by atoms with Gasteiger partial charge in [-0.15, -0.1) is 0 Å². The van der Waals surface area contributed by atoms with Gasteiger partial charge in [0.25, 0.3) is 5.91 Å². The smallest absolute Gasteiger partial charge is 0.251 e. The Morgan fingerprint density at radius 3 is 2.38 bits per heavy atom. The fraction of sp³-hybridized carbons (Fsp3) is 0.474. The fourth-order valence-electron chi connectivity index (χ4n) is 2.82. The zero-order valence-corrected chi connectivity index (χ0v) is 15.5. The van der Waals surface area contributed by atoms with E-state index in [9.17, 15) is 4.79 Å². The summed E-state index contributed by atoms with van der Waals surface area (Å²) in [5, 5.41) is 10.7. The minimum atomic E-state index is -0.0619. The van der Waals surface area contributed by atoms with Crippen LogP contribution in [0.2, 0.25) is 0 Å². The van der Waals surface area contributed by atoms with Gasteiger partial charge in [-0.3, -0.25) is 9.48 Å². The summed E-state index contributed by atoms with van der Waals surface area (Å²) in [7, 11) is 1.64. The molecule has 1 atom stereocenters. The number of nitrogens with one attached hydrogen (secondary N) is 2. The van der Waals surface area contributed by atoms with Gasteiger partial charge in [-0.2, -0.15) is 5.10 Å². The maximum Gasteiger partial charge on any atom is 0.251 e. The summed E-state index contributed by atoms with van der Waals surface area (Å²) in [6.45, 7) is 11.5. The number of nitrogens with zero attached hydrogens (tertiary/aromatic N) is 2. The molecule has 1 aromatic heterocycles. The second-order valence-corrected chi connectivity index (χ2v) is 7.15. The Labute approximate surface area is 144 Å². The van der Waals surface area contributed by atoms with Gasteiger partial charge < -0.3 is 10.6 Å². The number of hydrogen-bond acceptors (Lipinski definition) is 3. The van der Waals surface area contributed by atoms with Gasteiger partial charge in [-0.05, 0) is 52.3 Å². The lowest BCUT2D eigenvalue weighted by molar-refractivity contribution is 0.0963. The third-order valence-electron chi connectivity index (χ3n) is 4.21. The van der Waals surface area contributed by atoms with Crippen molar-refractivity contribution in [2.45, 2.75) is 52.7 Å². The first-order chi connectivity index (χ1) is 11.2. The monoisotopic (exact) mass is 328 g/mol. The molecule has 0 bridgehead atoms. The molecule has 24 heavy (non-hydrogen) atoms. The zero-order chi connectivity index (χ0) is 17.9. The van der Waals surface area contributed by atoms with Crippen molar-refractivity contribution in [3.8, 4) is 0 Å². The fourth-order valence-corrected chi connectivity index (χ4v) is 2.82. The number of carbonyl (C=O) groups excluding carboxylic acids is 1. The molecule has 2 rings (SSSR count). The largest absolute Gasteiger partial charge is 0.355 e. The highest BCUT2D eigenvalue weighted by Gasteiger charge is 2.20. The Balaban J connectivity index is 2.02. The minimum absolute atomic E-state index is 0.0161. The van der Waals surface area contributed by atoms with Crippen molar-refractivity contribution in [1.82, 2.24) is 20.4 Å². The summed E-state index contributed by atoms with van der Waals surface area (Å²) in [6.07, 6.45) is 1.95. The lowest BCUT2D eigenvalue weighted by Crippen LogP contribution is -2.25. The molecule has 1 amide bonds. The first-order valence-corrected chi connectivity index (χ1v) is 8.33. The number of carbonyl (C=O) groups is 1. The van der Waals surface area contributed by atoms with E-state index in [-0.39, 0.29) is 17.5 Å².